The number of hydrogen-bond acceptors (Lipinski definition) is 8. The van der Waals surface area contributed by atoms with Crippen LogP contribution in [0.25, 0.3) is 11.0 Å². The number of esters is 2. The van der Waals surface area contributed by atoms with Crippen LogP contribution in [0.5, 0.6) is 5.75 Å². The molecule has 0 N–H and O–H groups in total. The van der Waals surface area contributed by atoms with E-state index in [2.05, 4.69) is 4.99 Å². The molecule has 0 spiro atoms. The van der Waals surface area contributed by atoms with Gasteiger partial charge in [0.25, 0.3) is 0 Å². The maximum atomic E-state index is 14.2. The number of ether oxygens (including phenoxy) is 3. The smallest absolute Gasteiger partial charge is 0.416 e. The lowest BCUT2D eigenvalue weighted by molar-refractivity contribution is -0.147. The van der Waals surface area contributed by atoms with Crippen molar-refractivity contribution < 1.29 is 41.4 Å². The number of hydrogen-bond donors (Lipinski definition) is 0. The minimum Gasteiger partial charge on any atom is -0.486 e. The van der Waals surface area contributed by atoms with Crippen LogP contribution in [0.2, 0.25) is 0 Å². The van der Waals surface area contributed by atoms with Gasteiger partial charge in [-0.1, -0.05) is 30.3 Å². The van der Waals surface area contributed by atoms with Crippen molar-refractivity contribution in [2.24, 2.45) is 10.9 Å². The third-order valence-electron chi connectivity index (χ3n) is 6.33. The molecule has 3 aromatic rings. The van der Waals surface area contributed by atoms with Crippen molar-refractivity contribution in [2.75, 3.05) is 19.8 Å². The number of alkyl halides is 3. The Bertz CT molecular complexity index is 1550. The van der Waals surface area contributed by atoms with Crippen molar-refractivity contribution in [3.63, 3.8) is 0 Å². The summed E-state index contributed by atoms with van der Waals surface area (Å²) in [7, 11) is 0. The van der Waals surface area contributed by atoms with E-state index in [1.807, 2.05) is 0 Å². The van der Waals surface area contributed by atoms with Crippen molar-refractivity contribution in [3.05, 3.63) is 87.4 Å². The van der Waals surface area contributed by atoms with Crippen LogP contribution in [-0.4, -0.2) is 37.5 Å². The van der Waals surface area contributed by atoms with E-state index in [0.29, 0.717) is 5.39 Å². The molecular weight excluding hydrogens is 531 g/mol. The number of fused-ring (bicyclic) bond motifs is 1. The van der Waals surface area contributed by atoms with Crippen LogP contribution in [0.4, 0.5) is 13.2 Å². The Morgan fingerprint density at radius 2 is 1.68 bits per heavy atom. The van der Waals surface area contributed by atoms with Crippen LogP contribution in [0.15, 0.2) is 80.1 Å². The molecule has 0 aliphatic carbocycles. The number of rotatable bonds is 8. The molecule has 0 radical (unpaired) electrons. The first-order valence-corrected chi connectivity index (χ1v) is 12.5. The lowest BCUT2D eigenvalue weighted by atomic mass is 9.74. The predicted octanol–water partition coefficient (Wildman–Crippen LogP) is 5.45. The fourth-order valence-corrected chi connectivity index (χ4v) is 4.74. The van der Waals surface area contributed by atoms with Gasteiger partial charge in [0.2, 0.25) is 0 Å². The van der Waals surface area contributed by atoms with Crippen molar-refractivity contribution in [1.29, 1.82) is 0 Å². The Morgan fingerprint density at radius 1 is 1.00 bits per heavy atom. The standard InChI is InChI=1S/C29H26F3NO7/c1-4-37-27(35)24-16(3)33-20(15-39-22-14-23(34)40-21-13-9-7-11-18(21)22)26(28(36)38-5-2)25(24)17-10-6-8-12-19(17)29(30,31)32/h6-14,24-25H,4-5,15H2,1-3H3. The molecule has 40 heavy (non-hydrogen) atoms. The Kier molecular flexibility index (Phi) is 8.41. The quantitative estimate of drug-likeness (QED) is 0.268. The van der Waals surface area contributed by atoms with Gasteiger partial charge in [0.1, 0.15) is 23.9 Å². The molecule has 1 aliphatic heterocycles. The van der Waals surface area contributed by atoms with Crippen LogP contribution < -0.4 is 10.4 Å². The summed E-state index contributed by atoms with van der Waals surface area (Å²) in [4.78, 5) is 43.0. The highest BCUT2D eigenvalue weighted by Gasteiger charge is 2.46. The number of benzene rings is 2. The molecule has 2 aromatic carbocycles. The van der Waals surface area contributed by atoms with Crippen LogP contribution in [-0.2, 0) is 25.2 Å². The number of aliphatic imine (C=N–C) groups is 1. The van der Waals surface area contributed by atoms with Crippen molar-refractivity contribution in [3.8, 4) is 5.75 Å². The maximum absolute atomic E-state index is 14.2. The highest BCUT2D eigenvalue weighted by molar-refractivity contribution is 6.07. The summed E-state index contributed by atoms with van der Waals surface area (Å²) in [5, 5.41) is 0.459. The van der Waals surface area contributed by atoms with E-state index < -0.39 is 47.7 Å². The Balaban J connectivity index is 1.91. The van der Waals surface area contributed by atoms with Gasteiger partial charge in [-0.15, -0.1) is 0 Å². The first-order valence-electron chi connectivity index (χ1n) is 12.5. The van der Waals surface area contributed by atoms with Crippen LogP contribution >= 0.6 is 0 Å². The lowest BCUT2D eigenvalue weighted by Crippen LogP contribution is -2.38. The highest BCUT2D eigenvalue weighted by Crippen LogP contribution is 2.45. The minimum atomic E-state index is -4.79. The molecule has 8 nitrogen and oxygen atoms in total. The number of carbonyl (C=O) groups is 2. The van der Waals surface area contributed by atoms with Gasteiger partial charge >= 0.3 is 23.7 Å². The molecule has 210 valence electrons. The fourth-order valence-electron chi connectivity index (χ4n) is 4.74. The monoisotopic (exact) mass is 557 g/mol. The number of para-hydroxylation sites is 1. The molecule has 1 aromatic heterocycles. The van der Waals surface area contributed by atoms with Gasteiger partial charge in [-0.25, -0.2) is 9.59 Å². The summed E-state index contributed by atoms with van der Waals surface area (Å²) in [5.74, 6) is -4.44. The van der Waals surface area contributed by atoms with Gasteiger partial charge < -0.3 is 18.6 Å². The molecule has 2 unspecified atom stereocenters. The van der Waals surface area contributed by atoms with Gasteiger partial charge in [0.05, 0.1) is 41.5 Å². The fraction of sp³-hybridized carbons (Fsp3) is 0.310. The third-order valence-corrected chi connectivity index (χ3v) is 6.33. The molecule has 11 heteroatoms. The zero-order valence-corrected chi connectivity index (χ0v) is 21.9. The Labute approximate surface area is 227 Å². The van der Waals surface area contributed by atoms with Gasteiger partial charge in [0.15, 0.2) is 0 Å². The molecule has 2 heterocycles. The zero-order chi connectivity index (χ0) is 29.0. The minimum absolute atomic E-state index is 0.0334. The second kappa shape index (κ2) is 11.8. The maximum Gasteiger partial charge on any atom is 0.416 e. The van der Waals surface area contributed by atoms with E-state index in [1.165, 1.54) is 25.1 Å². The topological polar surface area (TPSA) is 104 Å². The highest BCUT2D eigenvalue weighted by atomic mass is 19.4. The average Bonchev–Trinajstić information content (AvgIpc) is 2.90. The van der Waals surface area contributed by atoms with Crippen LogP contribution in [0.3, 0.4) is 0 Å². The summed E-state index contributed by atoms with van der Waals surface area (Å²) in [6.07, 6.45) is -4.79. The molecule has 0 saturated carbocycles. The Morgan fingerprint density at radius 3 is 2.38 bits per heavy atom. The summed E-state index contributed by atoms with van der Waals surface area (Å²) < 4.78 is 64.0. The second-order valence-electron chi connectivity index (χ2n) is 8.84. The molecule has 0 amide bonds. The molecule has 0 saturated heterocycles. The van der Waals surface area contributed by atoms with E-state index in [4.69, 9.17) is 18.6 Å². The summed E-state index contributed by atoms with van der Waals surface area (Å²) in [6.45, 7) is 4.05. The summed E-state index contributed by atoms with van der Waals surface area (Å²) in [5.41, 5.74) is -1.94. The van der Waals surface area contributed by atoms with E-state index in [9.17, 15) is 27.6 Å². The summed E-state index contributed by atoms with van der Waals surface area (Å²) >= 11 is 0. The van der Waals surface area contributed by atoms with Crippen molar-refractivity contribution >= 4 is 28.6 Å². The number of carbonyl (C=O) groups excluding carboxylic acids is 2. The van der Waals surface area contributed by atoms with Gasteiger partial charge in [-0.2, -0.15) is 13.2 Å². The predicted molar refractivity (Wildman–Crippen MR) is 139 cm³/mol. The third kappa shape index (κ3) is 5.78. The first-order chi connectivity index (χ1) is 19.1. The van der Waals surface area contributed by atoms with Gasteiger partial charge in [0, 0.05) is 11.6 Å². The molecule has 0 fully saturated rings. The molecule has 1 aliphatic rings. The summed E-state index contributed by atoms with van der Waals surface area (Å²) in [6, 6.07) is 12.4. The van der Waals surface area contributed by atoms with Crippen LogP contribution in [0.1, 0.15) is 37.8 Å². The largest absolute Gasteiger partial charge is 0.486 e. The molecular formula is C29H26F3NO7. The van der Waals surface area contributed by atoms with Gasteiger partial charge in [-0.05, 0) is 44.5 Å². The molecule has 2 atom stereocenters. The van der Waals surface area contributed by atoms with Crippen molar-refractivity contribution in [1.82, 2.24) is 0 Å². The average molecular weight is 558 g/mol. The first kappa shape index (κ1) is 28.6. The SMILES string of the molecule is CCOC(=O)C1=C(COc2cc(=O)oc3ccccc23)N=C(C)C(C(=O)OCC)C1c1ccccc1C(F)(F)F. The van der Waals surface area contributed by atoms with E-state index in [0.717, 1.165) is 12.1 Å². The van der Waals surface area contributed by atoms with Crippen LogP contribution in [0, 0.1) is 5.92 Å². The number of halogens is 3. The van der Waals surface area contributed by atoms with Crippen molar-refractivity contribution in [2.45, 2.75) is 32.9 Å². The zero-order valence-electron chi connectivity index (χ0n) is 21.9. The lowest BCUT2D eigenvalue weighted by Gasteiger charge is -2.33. The molecule has 0 bridgehead atoms. The molecule has 4 rings (SSSR count). The van der Waals surface area contributed by atoms with E-state index in [1.54, 1.807) is 38.1 Å². The van der Waals surface area contributed by atoms with E-state index >= 15 is 0 Å². The second-order valence-corrected chi connectivity index (χ2v) is 8.84. The normalized spacial score (nSPS) is 17.4. The Hall–Kier alpha value is -4.41. The van der Waals surface area contributed by atoms with E-state index in [-0.39, 0.29) is 47.1 Å². The van der Waals surface area contributed by atoms with Gasteiger partial charge in [-0.3, -0.25) is 9.79 Å². The number of nitrogens with zero attached hydrogens (tertiary/aromatic N) is 1.